The van der Waals surface area contributed by atoms with Gasteiger partial charge in [-0.05, 0) is 17.5 Å². The first kappa shape index (κ1) is 12.8. The summed E-state index contributed by atoms with van der Waals surface area (Å²) in [7, 11) is 0. The molecule has 108 valence electrons. The number of H-pyrrole nitrogens is 1. The van der Waals surface area contributed by atoms with Crippen LogP contribution in [0.1, 0.15) is 4.88 Å². The predicted molar refractivity (Wildman–Crippen MR) is 85.7 cm³/mol. The highest BCUT2D eigenvalue weighted by Crippen LogP contribution is 2.23. The lowest BCUT2D eigenvalue weighted by atomic mass is 10.2. The number of hydrogen-bond donors (Lipinski definition) is 1. The first-order chi connectivity index (χ1) is 10.4. The Morgan fingerprint density at radius 3 is 2.86 bits per heavy atom. The van der Waals surface area contributed by atoms with Gasteiger partial charge >= 0.3 is 0 Å². The minimum absolute atomic E-state index is 0.918. The van der Waals surface area contributed by atoms with Crippen LogP contribution in [0.15, 0.2) is 36.1 Å². The quantitative estimate of drug-likeness (QED) is 0.806. The Labute approximate surface area is 127 Å². The van der Waals surface area contributed by atoms with Crippen LogP contribution in [0.25, 0.3) is 11.0 Å². The molecule has 21 heavy (non-hydrogen) atoms. The molecule has 1 aliphatic rings. The molecule has 0 bridgehead atoms. The highest BCUT2D eigenvalue weighted by Gasteiger charge is 2.20. The van der Waals surface area contributed by atoms with Crippen LogP contribution in [0.3, 0.4) is 0 Å². The maximum atomic E-state index is 4.48. The van der Waals surface area contributed by atoms with Crippen molar-refractivity contribution < 1.29 is 0 Å². The second-order valence-electron chi connectivity index (χ2n) is 5.28. The number of rotatable bonds is 3. The van der Waals surface area contributed by atoms with Crippen molar-refractivity contribution in [3.8, 4) is 0 Å². The standard InChI is InChI=1S/C15H17N5S/c1-2-12(21-9-1)10-19-5-7-20(8-6-19)15-13-3-4-16-14(13)17-11-18-15/h1-4,9,11H,5-8,10H2,(H,16,17,18). The molecule has 0 amide bonds. The maximum absolute atomic E-state index is 4.48. The molecule has 0 spiro atoms. The van der Waals surface area contributed by atoms with E-state index in [4.69, 9.17) is 0 Å². The molecule has 0 saturated carbocycles. The van der Waals surface area contributed by atoms with Crippen molar-refractivity contribution >= 4 is 28.2 Å². The lowest BCUT2D eigenvalue weighted by Crippen LogP contribution is -2.46. The first-order valence-corrected chi connectivity index (χ1v) is 8.06. The van der Waals surface area contributed by atoms with Gasteiger partial charge in [0.25, 0.3) is 0 Å². The van der Waals surface area contributed by atoms with E-state index in [-0.39, 0.29) is 0 Å². The van der Waals surface area contributed by atoms with Crippen molar-refractivity contribution in [3.05, 3.63) is 41.0 Å². The second kappa shape index (κ2) is 5.46. The van der Waals surface area contributed by atoms with Gasteiger partial charge in [-0.3, -0.25) is 4.90 Å². The number of aromatic nitrogens is 3. The van der Waals surface area contributed by atoms with Gasteiger partial charge in [-0.25, -0.2) is 9.97 Å². The van der Waals surface area contributed by atoms with Crippen LogP contribution in [0, 0.1) is 0 Å². The normalized spacial score (nSPS) is 16.7. The highest BCUT2D eigenvalue weighted by molar-refractivity contribution is 7.09. The number of nitrogens with zero attached hydrogens (tertiary/aromatic N) is 4. The van der Waals surface area contributed by atoms with Crippen LogP contribution < -0.4 is 4.90 Å². The van der Waals surface area contributed by atoms with Crippen molar-refractivity contribution in [3.63, 3.8) is 0 Å². The molecule has 0 atom stereocenters. The average Bonchev–Trinajstić information content (AvgIpc) is 3.18. The van der Waals surface area contributed by atoms with Gasteiger partial charge < -0.3 is 9.88 Å². The molecule has 1 N–H and O–H groups in total. The third-order valence-electron chi connectivity index (χ3n) is 3.96. The van der Waals surface area contributed by atoms with Crippen molar-refractivity contribution in [1.82, 2.24) is 19.9 Å². The Kier molecular flexibility index (Phi) is 3.33. The van der Waals surface area contributed by atoms with Crippen LogP contribution in [0.2, 0.25) is 0 Å². The summed E-state index contributed by atoms with van der Waals surface area (Å²) >= 11 is 1.84. The number of fused-ring (bicyclic) bond motifs is 1. The van der Waals surface area contributed by atoms with E-state index in [9.17, 15) is 0 Å². The van der Waals surface area contributed by atoms with Gasteiger partial charge in [0.15, 0.2) is 0 Å². The van der Waals surface area contributed by atoms with Crippen LogP contribution in [-0.2, 0) is 6.54 Å². The Morgan fingerprint density at radius 2 is 2.05 bits per heavy atom. The minimum atomic E-state index is 0.918. The number of thiophene rings is 1. The molecular formula is C15H17N5S. The monoisotopic (exact) mass is 299 g/mol. The molecule has 1 fully saturated rings. The topological polar surface area (TPSA) is 48.1 Å². The van der Waals surface area contributed by atoms with Crippen molar-refractivity contribution in [2.75, 3.05) is 31.1 Å². The third kappa shape index (κ3) is 2.52. The lowest BCUT2D eigenvalue weighted by molar-refractivity contribution is 0.251. The number of hydrogen-bond acceptors (Lipinski definition) is 5. The van der Waals surface area contributed by atoms with Gasteiger partial charge in [0, 0.05) is 43.8 Å². The van der Waals surface area contributed by atoms with Gasteiger partial charge in [0.2, 0.25) is 0 Å². The molecule has 3 aromatic heterocycles. The van der Waals surface area contributed by atoms with Crippen LogP contribution in [0.4, 0.5) is 5.82 Å². The van der Waals surface area contributed by atoms with E-state index in [0.717, 1.165) is 49.6 Å². The van der Waals surface area contributed by atoms with Gasteiger partial charge in [-0.15, -0.1) is 11.3 Å². The molecule has 5 nitrogen and oxygen atoms in total. The average molecular weight is 299 g/mol. The van der Waals surface area contributed by atoms with E-state index < -0.39 is 0 Å². The first-order valence-electron chi connectivity index (χ1n) is 7.18. The fourth-order valence-corrected chi connectivity index (χ4v) is 3.60. The predicted octanol–water partition coefficient (Wildman–Crippen LogP) is 2.34. The molecule has 0 aromatic carbocycles. The zero-order valence-electron chi connectivity index (χ0n) is 11.7. The number of anilines is 1. The summed E-state index contributed by atoms with van der Waals surface area (Å²) in [5.41, 5.74) is 0.918. The lowest BCUT2D eigenvalue weighted by Gasteiger charge is -2.35. The van der Waals surface area contributed by atoms with Crippen molar-refractivity contribution in [1.29, 1.82) is 0 Å². The largest absolute Gasteiger partial charge is 0.353 e. The zero-order valence-corrected chi connectivity index (χ0v) is 12.5. The SMILES string of the molecule is c1csc(CN2CCN(c3ncnc4[nH]ccc34)CC2)c1. The molecular weight excluding hydrogens is 282 g/mol. The summed E-state index contributed by atoms with van der Waals surface area (Å²) in [6.45, 7) is 5.25. The molecule has 0 radical (unpaired) electrons. The van der Waals surface area contributed by atoms with Gasteiger partial charge in [-0.2, -0.15) is 0 Å². The summed E-state index contributed by atoms with van der Waals surface area (Å²) in [4.78, 5) is 18.2. The van der Waals surface area contributed by atoms with Gasteiger partial charge in [-0.1, -0.05) is 6.07 Å². The van der Waals surface area contributed by atoms with Crippen LogP contribution >= 0.6 is 11.3 Å². The Morgan fingerprint density at radius 1 is 1.14 bits per heavy atom. The smallest absolute Gasteiger partial charge is 0.142 e. The maximum Gasteiger partial charge on any atom is 0.142 e. The van der Waals surface area contributed by atoms with Crippen molar-refractivity contribution in [2.45, 2.75) is 6.54 Å². The Hall–Kier alpha value is -1.92. The van der Waals surface area contributed by atoms with Crippen molar-refractivity contribution in [2.24, 2.45) is 0 Å². The fraction of sp³-hybridized carbons (Fsp3) is 0.333. The summed E-state index contributed by atoms with van der Waals surface area (Å²) in [6.07, 6.45) is 3.57. The van der Waals surface area contributed by atoms with Crippen LogP contribution in [-0.4, -0.2) is 46.0 Å². The molecule has 3 aromatic rings. The summed E-state index contributed by atoms with van der Waals surface area (Å²) in [6, 6.07) is 6.40. The number of nitrogens with one attached hydrogen (secondary N) is 1. The Bertz CT molecular complexity index is 713. The summed E-state index contributed by atoms with van der Waals surface area (Å²) < 4.78 is 0. The molecule has 1 saturated heterocycles. The molecule has 4 heterocycles. The van der Waals surface area contributed by atoms with E-state index in [1.165, 1.54) is 4.88 Å². The summed E-state index contributed by atoms with van der Waals surface area (Å²) in [5, 5.41) is 3.26. The van der Waals surface area contributed by atoms with Gasteiger partial charge in [0.05, 0.1) is 5.39 Å². The molecule has 4 rings (SSSR count). The van der Waals surface area contributed by atoms with E-state index in [2.05, 4.69) is 48.3 Å². The molecule has 0 aliphatic carbocycles. The highest BCUT2D eigenvalue weighted by atomic mass is 32.1. The van der Waals surface area contributed by atoms with Gasteiger partial charge in [0.1, 0.15) is 17.8 Å². The van der Waals surface area contributed by atoms with E-state index in [1.54, 1.807) is 6.33 Å². The second-order valence-corrected chi connectivity index (χ2v) is 6.31. The molecule has 0 unspecified atom stereocenters. The zero-order chi connectivity index (χ0) is 14.1. The molecule has 1 aliphatic heterocycles. The van der Waals surface area contributed by atoms with E-state index in [1.807, 2.05) is 17.5 Å². The third-order valence-corrected chi connectivity index (χ3v) is 4.83. The Balaban J connectivity index is 1.46. The number of piperazine rings is 1. The summed E-state index contributed by atoms with van der Waals surface area (Å²) in [5.74, 6) is 1.05. The van der Waals surface area contributed by atoms with E-state index in [0.29, 0.717) is 0 Å². The minimum Gasteiger partial charge on any atom is -0.353 e. The van der Waals surface area contributed by atoms with Crippen LogP contribution in [0.5, 0.6) is 0 Å². The fourth-order valence-electron chi connectivity index (χ4n) is 2.85. The molecule has 6 heteroatoms. The number of aromatic amines is 1. The van der Waals surface area contributed by atoms with E-state index >= 15 is 0 Å².